The van der Waals surface area contributed by atoms with E-state index in [0.717, 1.165) is 30.7 Å². The van der Waals surface area contributed by atoms with Crippen molar-refractivity contribution in [1.29, 1.82) is 0 Å². The summed E-state index contributed by atoms with van der Waals surface area (Å²) in [4.78, 5) is 14.0. The number of amides is 1. The molecule has 1 amide bonds. The SMILES string of the molecule is Cc1cc(I)ccc1OCC1CCCN(C(=O)OC(C)(C)C)C1. The van der Waals surface area contributed by atoms with Crippen LogP contribution < -0.4 is 4.74 Å². The molecule has 1 fully saturated rings. The molecule has 0 saturated carbocycles. The Balaban J connectivity index is 1.87. The van der Waals surface area contributed by atoms with Gasteiger partial charge in [0.15, 0.2) is 0 Å². The Hall–Kier alpha value is -0.980. The summed E-state index contributed by atoms with van der Waals surface area (Å²) in [5.74, 6) is 1.29. The Morgan fingerprint density at radius 3 is 2.78 bits per heavy atom. The molecule has 1 heterocycles. The molecule has 2 rings (SSSR count). The summed E-state index contributed by atoms with van der Waals surface area (Å²) in [5.41, 5.74) is 0.704. The number of carbonyl (C=O) groups is 1. The fourth-order valence-electron chi connectivity index (χ4n) is 2.68. The zero-order chi connectivity index (χ0) is 17.0. The maximum absolute atomic E-state index is 12.2. The summed E-state index contributed by atoms with van der Waals surface area (Å²) >= 11 is 2.30. The number of rotatable bonds is 3. The van der Waals surface area contributed by atoms with E-state index in [1.165, 1.54) is 3.57 Å². The molecule has 0 aromatic heterocycles. The summed E-state index contributed by atoms with van der Waals surface area (Å²) in [6.45, 7) is 9.87. The van der Waals surface area contributed by atoms with Crippen molar-refractivity contribution in [3.63, 3.8) is 0 Å². The number of halogens is 1. The predicted octanol–water partition coefficient (Wildman–Crippen LogP) is 4.63. The Kier molecular flexibility index (Phi) is 6.17. The molecule has 4 nitrogen and oxygen atoms in total. The van der Waals surface area contributed by atoms with Crippen LogP contribution in [-0.2, 0) is 4.74 Å². The molecule has 1 aliphatic heterocycles. The van der Waals surface area contributed by atoms with Gasteiger partial charge < -0.3 is 14.4 Å². The third-order valence-corrected chi connectivity index (χ3v) is 4.45. The lowest BCUT2D eigenvalue weighted by molar-refractivity contribution is 0.0139. The molecule has 128 valence electrons. The van der Waals surface area contributed by atoms with Crippen LogP contribution in [-0.4, -0.2) is 36.3 Å². The second-order valence-corrected chi connectivity index (χ2v) is 8.40. The topological polar surface area (TPSA) is 38.8 Å². The second kappa shape index (κ2) is 7.73. The van der Waals surface area contributed by atoms with E-state index in [0.29, 0.717) is 19.1 Å². The lowest BCUT2D eigenvalue weighted by Crippen LogP contribution is -2.44. The Morgan fingerprint density at radius 2 is 2.13 bits per heavy atom. The first-order chi connectivity index (χ1) is 10.7. The molecule has 0 N–H and O–H groups in total. The minimum Gasteiger partial charge on any atom is -0.493 e. The van der Waals surface area contributed by atoms with Crippen LogP contribution >= 0.6 is 22.6 Å². The van der Waals surface area contributed by atoms with Gasteiger partial charge >= 0.3 is 6.09 Å². The molecule has 1 aliphatic rings. The van der Waals surface area contributed by atoms with Crippen molar-refractivity contribution in [3.8, 4) is 5.75 Å². The summed E-state index contributed by atoms with van der Waals surface area (Å²) in [7, 11) is 0. The van der Waals surface area contributed by atoms with Crippen molar-refractivity contribution in [2.45, 2.75) is 46.1 Å². The van der Waals surface area contributed by atoms with E-state index >= 15 is 0 Å². The highest BCUT2D eigenvalue weighted by molar-refractivity contribution is 14.1. The highest BCUT2D eigenvalue weighted by atomic mass is 127. The standard InChI is InChI=1S/C18H26INO3/c1-13-10-15(19)7-8-16(13)22-12-14-6-5-9-20(11-14)17(21)23-18(2,3)4/h7-8,10,14H,5-6,9,11-12H2,1-4H3. The van der Waals surface area contributed by atoms with Gasteiger partial charge in [0.2, 0.25) is 0 Å². The molecule has 1 aromatic carbocycles. The van der Waals surface area contributed by atoms with Crippen LogP contribution in [0.2, 0.25) is 0 Å². The molecule has 23 heavy (non-hydrogen) atoms. The fourth-order valence-corrected chi connectivity index (χ4v) is 3.32. The van der Waals surface area contributed by atoms with Crippen LogP contribution in [0.1, 0.15) is 39.2 Å². The van der Waals surface area contributed by atoms with Gasteiger partial charge in [0.05, 0.1) is 6.61 Å². The summed E-state index contributed by atoms with van der Waals surface area (Å²) < 4.78 is 12.7. The van der Waals surface area contributed by atoms with E-state index < -0.39 is 5.60 Å². The number of hydrogen-bond donors (Lipinski definition) is 0. The van der Waals surface area contributed by atoms with Crippen molar-refractivity contribution < 1.29 is 14.3 Å². The zero-order valence-electron chi connectivity index (χ0n) is 14.4. The van der Waals surface area contributed by atoms with Gasteiger partial charge in [-0.3, -0.25) is 0 Å². The van der Waals surface area contributed by atoms with Gasteiger partial charge in [0.25, 0.3) is 0 Å². The van der Waals surface area contributed by atoms with E-state index in [-0.39, 0.29) is 6.09 Å². The van der Waals surface area contributed by atoms with E-state index in [9.17, 15) is 4.79 Å². The van der Waals surface area contributed by atoms with Crippen LogP contribution in [0.4, 0.5) is 4.79 Å². The van der Waals surface area contributed by atoms with Gasteiger partial charge in [-0.1, -0.05) is 0 Å². The first kappa shape index (κ1) is 18.4. The van der Waals surface area contributed by atoms with Gasteiger partial charge in [-0.15, -0.1) is 0 Å². The van der Waals surface area contributed by atoms with Gasteiger partial charge in [-0.25, -0.2) is 4.79 Å². The van der Waals surface area contributed by atoms with Crippen molar-refractivity contribution in [2.75, 3.05) is 19.7 Å². The lowest BCUT2D eigenvalue weighted by Gasteiger charge is -2.34. The van der Waals surface area contributed by atoms with E-state index in [2.05, 4.69) is 41.6 Å². The first-order valence-corrected chi connectivity index (χ1v) is 9.19. The minimum atomic E-state index is -0.446. The normalized spacial score (nSPS) is 18.7. The molecule has 1 unspecified atom stereocenters. The summed E-state index contributed by atoms with van der Waals surface area (Å²) in [6, 6.07) is 6.19. The average Bonchev–Trinajstić information content (AvgIpc) is 2.45. The van der Waals surface area contributed by atoms with Gasteiger partial charge in [-0.2, -0.15) is 0 Å². The number of ether oxygens (including phenoxy) is 2. The van der Waals surface area contributed by atoms with E-state index in [1.807, 2.05) is 31.7 Å². The summed E-state index contributed by atoms with van der Waals surface area (Å²) in [5, 5.41) is 0. The van der Waals surface area contributed by atoms with Crippen LogP contribution in [0, 0.1) is 16.4 Å². The number of carbonyl (C=O) groups excluding carboxylic acids is 1. The van der Waals surface area contributed by atoms with Crippen molar-refractivity contribution >= 4 is 28.7 Å². The van der Waals surface area contributed by atoms with Crippen LogP contribution in [0.5, 0.6) is 5.75 Å². The smallest absolute Gasteiger partial charge is 0.410 e. The van der Waals surface area contributed by atoms with E-state index in [4.69, 9.17) is 9.47 Å². The van der Waals surface area contributed by atoms with Crippen LogP contribution in [0.3, 0.4) is 0 Å². The number of nitrogens with zero attached hydrogens (tertiary/aromatic N) is 1. The van der Waals surface area contributed by atoms with Gasteiger partial charge in [0, 0.05) is 22.6 Å². The van der Waals surface area contributed by atoms with Crippen LogP contribution in [0.25, 0.3) is 0 Å². The summed E-state index contributed by atoms with van der Waals surface area (Å²) in [6.07, 6.45) is 1.87. The Labute approximate surface area is 152 Å². The first-order valence-electron chi connectivity index (χ1n) is 8.11. The van der Waals surface area contributed by atoms with Crippen molar-refractivity contribution in [3.05, 3.63) is 27.3 Å². The second-order valence-electron chi connectivity index (χ2n) is 7.16. The minimum absolute atomic E-state index is 0.215. The molecular weight excluding hydrogens is 405 g/mol. The number of piperidine rings is 1. The highest BCUT2D eigenvalue weighted by Crippen LogP contribution is 2.24. The molecule has 0 bridgehead atoms. The molecule has 5 heteroatoms. The van der Waals surface area contributed by atoms with Gasteiger partial charge in [0.1, 0.15) is 11.4 Å². The number of benzene rings is 1. The molecular formula is C18H26INO3. The molecule has 0 aliphatic carbocycles. The Bertz CT molecular complexity index is 554. The molecule has 1 aromatic rings. The molecule has 1 atom stereocenters. The molecule has 0 radical (unpaired) electrons. The lowest BCUT2D eigenvalue weighted by atomic mass is 9.99. The number of aryl methyl sites for hydroxylation is 1. The number of hydrogen-bond acceptors (Lipinski definition) is 3. The third kappa shape index (κ3) is 5.86. The van der Waals surface area contributed by atoms with Crippen LogP contribution in [0.15, 0.2) is 18.2 Å². The maximum atomic E-state index is 12.2. The van der Waals surface area contributed by atoms with Crippen molar-refractivity contribution in [1.82, 2.24) is 4.90 Å². The third-order valence-electron chi connectivity index (χ3n) is 3.78. The molecule has 1 saturated heterocycles. The molecule has 0 spiro atoms. The van der Waals surface area contributed by atoms with Gasteiger partial charge in [-0.05, 0) is 86.9 Å². The zero-order valence-corrected chi connectivity index (χ0v) is 16.6. The van der Waals surface area contributed by atoms with E-state index in [1.54, 1.807) is 0 Å². The predicted molar refractivity (Wildman–Crippen MR) is 99.9 cm³/mol. The largest absolute Gasteiger partial charge is 0.493 e. The highest BCUT2D eigenvalue weighted by Gasteiger charge is 2.27. The quantitative estimate of drug-likeness (QED) is 0.656. The Morgan fingerprint density at radius 1 is 1.39 bits per heavy atom. The van der Waals surface area contributed by atoms with Crippen molar-refractivity contribution in [2.24, 2.45) is 5.92 Å². The average molecular weight is 431 g/mol. The number of likely N-dealkylation sites (tertiary alicyclic amines) is 1. The maximum Gasteiger partial charge on any atom is 0.410 e. The fraction of sp³-hybridized carbons (Fsp3) is 0.611. The monoisotopic (exact) mass is 431 g/mol.